The van der Waals surface area contributed by atoms with E-state index in [1.807, 2.05) is 35.9 Å². The van der Waals surface area contributed by atoms with Crippen molar-refractivity contribution in [2.75, 3.05) is 25.7 Å². The monoisotopic (exact) mass is 450 g/mol. The fraction of sp³-hybridized carbons (Fsp3) is 0.400. The maximum absolute atomic E-state index is 13.3. The average molecular weight is 451 g/mol. The molecule has 33 heavy (non-hydrogen) atoms. The molecule has 1 aliphatic rings. The molecule has 2 heterocycles. The third-order valence-corrected chi connectivity index (χ3v) is 6.24. The van der Waals surface area contributed by atoms with Gasteiger partial charge in [-0.15, -0.1) is 0 Å². The number of carbonyl (C=O) groups excluding carboxylic acids is 2. The molecule has 1 saturated heterocycles. The molecule has 0 saturated carbocycles. The van der Waals surface area contributed by atoms with Crippen LogP contribution in [0, 0.1) is 11.8 Å². The molecule has 0 aliphatic carbocycles. The van der Waals surface area contributed by atoms with Crippen molar-refractivity contribution in [2.24, 2.45) is 18.9 Å². The summed E-state index contributed by atoms with van der Waals surface area (Å²) in [6.07, 6.45) is 0.147. The lowest BCUT2D eigenvalue weighted by Crippen LogP contribution is -2.38. The summed E-state index contributed by atoms with van der Waals surface area (Å²) in [5.41, 5.74) is 2.54. The Hall–Kier alpha value is -3.55. The largest absolute Gasteiger partial charge is 0.497 e. The van der Waals surface area contributed by atoms with Crippen LogP contribution in [0.4, 0.5) is 5.69 Å². The molecule has 8 nitrogen and oxygen atoms in total. The highest BCUT2D eigenvalue weighted by Gasteiger charge is 2.38. The molecule has 2 atom stereocenters. The van der Waals surface area contributed by atoms with Crippen molar-refractivity contribution in [3.05, 3.63) is 48.3 Å². The number of benzene rings is 2. The number of amides is 2. The van der Waals surface area contributed by atoms with Gasteiger partial charge >= 0.3 is 0 Å². The molecule has 8 heteroatoms. The zero-order valence-corrected chi connectivity index (χ0v) is 19.7. The van der Waals surface area contributed by atoms with Crippen LogP contribution in [0.2, 0.25) is 0 Å². The van der Waals surface area contributed by atoms with Gasteiger partial charge in [-0.25, -0.2) is 4.98 Å². The summed E-state index contributed by atoms with van der Waals surface area (Å²) in [7, 11) is 5.08. The fourth-order valence-corrected chi connectivity index (χ4v) is 4.37. The van der Waals surface area contributed by atoms with Gasteiger partial charge in [0.05, 0.1) is 42.9 Å². The summed E-state index contributed by atoms with van der Waals surface area (Å²) in [6.45, 7) is 4.40. The van der Waals surface area contributed by atoms with Gasteiger partial charge < -0.3 is 24.3 Å². The number of anilines is 1. The Labute approximate surface area is 193 Å². The van der Waals surface area contributed by atoms with Crippen molar-refractivity contribution >= 4 is 28.5 Å². The summed E-state index contributed by atoms with van der Waals surface area (Å²) in [4.78, 5) is 32.5. The molecule has 1 N–H and O–H groups in total. The first-order valence-corrected chi connectivity index (χ1v) is 11.1. The number of rotatable bonds is 7. The van der Waals surface area contributed by atoms with Gasteiger partial charge in [0, 0.05) is 26.1 Å². The topological polar surface area (TPSA) is 85.7 Å². The summed E-state index contributed by atoms with van der Waals surface area (Å²) in [5.74, 6) is 1.38. The molecule has 1 aliphatic heterocycles. The number of nitrogens with one attached hydrogen (secondary N) is 1. The van der Waals surface area contributed by atoms with Gasteiger partial charge in [0.25, 0.3) is 0 Å². The summed E-state index contributed by atoms with van der Waals surface area (Å²) < 4.78 is 12.7. The Morgan fingerprint density at radius 1 is 1.15 bits per heavy atom. The Bertz CT molecular complexity index is 1190. The zero-order valence-electron chi connectivity index (χ0n) is 19.7. The number of hydrogen-bond acceptors (Lipinski definition) is 5. The van der Waals surface area contributed by atoms with Crippen LogP contribution in [0.5, 0.6) is 11.5 Å². The van der Waals surface area contributed by atoms with Crippen LogP contribution in [0.15, 0.2) is 42.5 Å². The molecule has 2 aromatic carbocycles. The van der Waals surface area contributed by atoms with E-state index >= 15 is 0 Å². The second-order valence-electron chi connectivity index (χ2n) is 8.69. The molecule has 0 bridgehead atoms. The Morgan fingerprint density at radius 2 is 1.91 bits per heavy atom. The standard InChI is InChI=1S/C25H30N4O4/c1-15(2)23(24-26-18-8-6-7-9-19(18)28(24)3)27-25(31)16-12-22(30)29(14-16)20-11-10-17(32-4)13-21(20)33-5/h6-11,13,15-16,23H,12,14H2,1-5H3,(H,27,31)/t16-,23-/m1/s1. The van der Waals surface area contributed by atoms with Crippen LogP contribution in [0.1, 0.15) is 32.1 Å². The van der Waals surface area contributed by atoms with Crippen molar-refractivity contribution in [3.63, 3.8) is 0 Å². The molecule has 174 valence electrons. The molecule has 2 amide bonds. The van der Waals surface area contributed by atoms with E-state index < -0.39 is 5.92 Å². The number of aryl methyl sites for hydroxylation is 1. The minimum atomic E-state index is -0.458. The molecule has 4 rings (SSSR count). The third-order valence-electron chi connectivity index (χ3n) is 6.24. The smallest absolute Gasteiger partial charge is 0.227 e. The highest BCUT2D eigenvalue weighted by Crippen LogP contribution is 2.36. The molecule has 1 fully saturated rings. The number of methoxy groups -OCH3 is 2. The molecule has 1 aromatic heterocycles. The Kier molecular flexibility index (Phi) is 6.26. The van der Waals surface area contributed by atoms with Crippen LogP contribution >= 0.6 is 0 Å². The van der Waals surface area contributed by atoms with E-state index in [1.165, 1.54) is 0 Å². The van der Waals surface area contributed by atoms with Crippen LogP contribution in [-0.2, 0) is 16.6 Å². The van der Waals surface area contributed by atoms with Crippen molar-refractivity contribution < 1.29 is 19.1 Å². The predicted octanol–water partition coefficient (Wildman–Crippen LogP) is 3.46. The lowest BCUT2D eigenvalue weighted by Gasteiger charge is -2.24. The molecule has 0 unspecified atom stereocenters. The van der Waals surface area contributed by atoms with E-state index in [4.69, 9.17) is 14.5 Å². The number of nitrogens with zero attached hydrogens (tertiary/aromatic N) is 3. The van der Waals surface area contributed by atoms with E-state index in [0.717, 1.165) is 16.9 Å². The number of ether oxygens (including phenoxy) is 2. The van der Waals surface area contributed by atoms with Crippen molar-refractivity contribution in [1.29, 1.82) is 0 Å². The van der Waals surface area contributed by atoms with Gasteiger partial charge in [0.1, 0.15) is 17.3 Å². The Morgan fingerprint density at radius 3 is 2.58 bits per heavy atom. The normalized spacial score (nSPS) is 17.0. The van der Waals surface area contributed by atoms with Gasteiger partial charge in [-0.05, 0) is 30.2 Å². The van der Waals surface area contributed by atoms with E-state index in [9.17, 15) is 9.59 Å². The highest BCUT2D eigenvalue weighted by molar-refractivity contribution is 6.01. The minimum Gasteiger partial charge on any atom is -0.497 e. The first-order chi connectivity index (χ1) is 15.8. The molecule has 0 spiro atoms. The van der Waals surface area contributed by atoms with E-state index in [0.29, 0.717) is 23.7 Å². The average Bonchev–Trinajstić information content (AvgIpc) is 3.36. The van der Waals surface area contributed by atoms with Crippen LogP contribution in [0.3, 0.4) is 0 Å². The minimum absolute atomic E-state index is 0.109. The number of hydrogen-bond donors (Lipinski definition) is 1. The van der Waals surface area contributed by atoms with Crippen LogP contribution in [0.25, 0.3) is 11.0 Å². The summed E-state index contributed by atoms with van der Waals surface area (Å²) in [6, 6.07) is 12.9. The van der Waals surface area contributed by atoms with E-state index in [2.05, 4.69) is 19.2 Å². The number of carbonyl (C=O) groups is 2. The maximum Gasteiger partial charge on any atom is 0.227 e. The van der Waals surface area contributed by atoms with Crippen LogP contribution in [-0.4, -0.2) is 42.1 Å². The third kappa shape index (κ3) is 4.25. The predicted molar refractivity (Wildman–Crippen MR) is 126 cm³/mol. The number of aromatic nitrogens is 2. The lowest BCUT2D eigenvalue weighted by atomic mass is 10.0. The van der Waals surface area contributed by atoms with Gasteiger partial charge in [0.2, 0.25) is 11.8 Å². The molecular weight excluding hydrogens is 420 g/mol. The van der Waals surface area contributed by atoms with Crippen molar-refractivity contribution in [2.45, 2.75) is 26.3 Å². The van der Waals surface area contributed by atoms with Gasteiger partial charge in [-0.2, -0.15) is 0 Å². The number of fused-ring (bicyclic) bond motifs is 1. The second kappa shape index (κ2) is 9.13. The second-order valence-corrected chi connectivity index (χ2v) is 8.69. The van der Waals surface area contributed by atoms with Gasteiger partial charge in [-0.1, -0.05) is 26.0 Å². The molecular formula is C25H30N4O4. The van der Waals surface area contributed by atoms with Crippen molar-refractivity contribution in [3.8, 4) is 11.5 Å². The van der Waals surface area contributed by atoms with E-state index in [-0.39, 0.29) is 30.2 Å². The lowest BCUT2D eigenvalue weighted by molar-refractivity contribution is -0.127. The summed E-state index contributed by atoms with van der Waals surface area (Å²) >= 11 is 0. The van der Waals surface area contributed by atoms with Gasteiger partial charge in [-0.3, -0.25) is 9.59 Å². The molecule has 0 radical (unpaired) electrons. The maximum atomic E-state index is 13.3. The van der Waals surface area contributed by atoms with Crippen LogP contribution < -0.4 is 19.7 Å². The van der Waals surface area contributed by atoms with Crippen molar-refractivity contribution in [1.82, 2.24) is 14.9 Å². The first-order valence-electron chi connectivity index (χ1n) is 11.1. The van der Waals surface area contributed by atoms with E-state index in [1.54, 1.807) is 37.3 Å². The zero-order chi connectivity index (χ0) is 23.7. The molecule has 3 aromatic rings. The SMILES string of the molecule is COc1ccc(N2C[C@H](C(=O)N[C@@H](c3nc4ccccc4n3C)C(C)C)CC2=O)c(OC)c1. The number of para-hydroxylation sites is 2. The fourth-order valence-electron chi connectivity index (χ4n) is 4.37. The van der Waals surface area contributed by atoms with Gasteiger partial charge in [0.15, 0.2) is 0 Å². The first kappa shape index (κ1) is 22.6. The quantitative estimate of drug-likeness (QED) is 0.596. The highest BCUT2D eigenvalue weighted by atomic mass is 16.5. The number of imidazole rings is 1. The Balaban J connectivity index is 1.54. The summed E-state index contributed by atoms with van der Waals surface area (Å²) in [5, 5.41) is 3.16.